The number of nitrogens with zero attached hydrogens (tertiary/aromatic N) is 7. The zero-order chi connectivity index (χ0) is 50.2. The van der Waals surface area contributed by atoms with Gasteiger partial charge >= 0.3 is 0 Å². The molecule has 0 bridgehead atoms. The molecule has 3 N–H and O–H groups in total. The highest BCUT2D eigenvalue weighted by atomic mass is 79.9. The van der Waals surface area contributed by atoms with Gasteiger partial charge in [0.05, 0.1) is 52.7 Å². The van der Waals surface area contributed by atoms with Crippen molar-refractivity contribution in [2.45, 2.75) is 87.8 Å². The largest absolute Gasteiger partial charge is 0.383 e. The Morgan fingerprint density at radius 3 is 2.39 bits per heavy atom. The molecule has 2 saturated carbocycles. The van der Waals surface area contributed by atoms with Gasteiger partial charge in [0.15, 0.2) is 11.5 Å². The molecule has 4 aromatic heterocycles. The van der Waals surface area contributed by atoms with Crippen molar-refractivity contribution < 1.29 is 53.1 Å². The molecule has 4 heterocycles. The van der Waals surface area contributed by atoms with E-state index in [0.29, 0.717) is 10.7 Å². The second kappa shape index (κ2) is 18.7. The predicted octanol–water partition coefficient (Wildman–Crippen LogP) is 8.62. The fourth-order valence-electron chi connectivity index (χ4n) is 9.71. The van der Waals surface area contributed by atoms with Gasteiger partial charge in [0.25, 0.3) is 17.9 Å². The fourth-order valence-corrected chi connectivity index (χ4v) is 10.8. The summed E-state index contributed by atoms with van der Waals surface area (Å²) >= 11 is 10.1. The quantitative estimate of drug-likeness (QED) is 0.0455. The van der Waals surface area contributed by atoms with Crippen LogP contribution in [0.15, 0.2) is 41.2 Å². The van der Waals surface area contributed by atoms with Crippen molar-refractivity contribution in [2.75, 3.05) is 41.9 Å². The maximum atomic E-state index is 15.7. The number of pyridine rings is 1. The van der Waals surface area contributed by atoms with E-state index in [4.69, 9.17) is 26.3 Å². The van der Waals surface area contributed by atoms with E-state index in [-0.39, 0.29) is 105 Å². The Labute approximate surface area is 406 Å². The number of anilines is 2. The minimum absolute atomic E-state index is 0.0126. The Balaban J connectivity index is 1.30. The van der Waals surface area contributed by atoms with Crippen LogP contribution in [0.5, 0.6) is 0 Å². The number of alkyl halides is 7. The topological polar surface area (TPSA) is 180 Å². The summed E-state index contributed by atoms with van der Waals surface area (Å²) in [4.78, 5) is 39.7. The van der Waals surface area contributed by atoms with Crippen LogP contribution in [-0.2, 0) is 45.0 Å². The monoisotopic (exact) mass is 1090 g/mol. The van der Waals surface area contributed by atoms with Gasteiger partial charge in [-0.15, -0.1) is 0 Å². The van der Waals surface area contributed by atoms with Crippen LogP contribution in [0.25, 0.3) is 27.6 Å². The summed E-state index contributed by atoms with van der Waals surface area (Å²) in [5.74, 6) is -13.0. The van der Waals surface area contributed by atoms with E-state index < -0.39 is 118 Å². The van der Waals surface area contributed by atoms with Crippen LogP contribution < -0.4 is 20.9 Å². The number of aryl methyl sites for hydroxylation is 1. The van der Waals surface area contributed by atoms with E-state index in [1.807, 2.05) is 0 Å². The van der Waals surface area contributed by atoms with Crippen molar-refractivity contribution in [3.8, 4) is 5.69 Å². The SMILES string of the molecule is COCCNc1cc(C2CCC(F)(F)CC2)nc2nc([C@H](Cc3cc(F)cc(F)c3)NC(=O)Cn3nc(C(F)F)c4c3C(F)(F)[C@@H]3C[C@H]43)n(-c3ccc(Cl)c4c(NS(C)(=O)=O)nn(CCBr)c34)c(=O)c12. The zero-order valence-electron chi connectivity index (χ0n) is 37.0. The first-order valence-electron chi connectivity index (χ1n) is 21.9. The number of nitrogens with one attached hydrogen (secondary N) is 3. The summed E-state index contributed by atoms with van der Waals surface area (Å²) < 4.78 is 154. The first kappa shape index (κ1) is 49.6. The van der Waals surface area contributed by atoms with E-state index in [2.05, 4.69) is 41.5 Å². The van der Waals surface area contributed by atoms with E-state index >= 15 is 13.6 Å². The molecule has 2 aromatic carbocycles. The number of benzene rings is 2. The first-order valence-corrected chi connectivity index (χ1v) is 25.3. The van der Waals surface area contributed by atoms with Gasteiger partial charge in [0, 0.05) is 67.4 Å². The number of amides is 1. The molecule has 3 aliphatic carbocycles. The normalized spacial score (nSPS) is 18.9. The molecule has 3 aliphatic rings. The number of fused-ring (bicyclic) bond motifs is 5. The van der Waals surface area contributed by atoms with Crippen molar-refractivity contribution >= 4 is 76.9 Å². The lowest BCUT2D eigenvalue weighted by atomic mass is 9.84. The van der Waals surface area contributed by atoms with Gasteiger partial charge in [-0.25, -0.2) is 44.7 Å². The van der Waals surface area contributed by atoms with E-state index in [1.165, 1.54) is 23.9 Å². The van der Waals surface area contributed by atoms with Crippen molar-refractivity contribution in [1.82, 2.24) is 39.4 Å². The number of carbonyl (C=O) groups is 1. The van der Waals surface area contributed by atoms with E-state index in [0.717, 1.165) is 23.0 Å². The highest BCUT2D eigenvalue weighted by molar-refractivity contribution is 9.09. The summed E-state index contributed by atoms with van der Waals surface area (Å²) in [7, 11) is -2.56. The van der Waals surface area contributed by atoms with E-state index in [9.17, 15) is 39.6 Å². The molecular formula is C44H42BrClF8N10O5S. The number of ether oxygens (including phenoxy) is 1. The van der Waals surface area contributed by atoms with Crippen LogP contribution in [-0.4, -0.2) is 86.2 Å². The van der Waals surface area contributed by atoms with Crippen LogP contribution in [0.4, 0.5) is 46.6 Å². The zero-order valence-corrected chi connectivity index (χ0v) is 40.1. The third kappa shape index (κ3) is 9.44. The molecule has 2 fully saturated rings. The maximum Gasteiger partial charge on any atom is 0.293 e. The minimum atomic E-state index is -4.01. The van der Waals surface area contributed by atoms with Crippen LogP contribution in [0, 0.1) is 17.6 Å². The lowest BCUT2D eigenvalue weighted by Gasteiger charge is -2.28. The average molecular weight is 1090 g/mol. The molecule has 0 radical (unpaired) electrons. The Hall–Kier alpha value is -5.40. The summed E-state index contributed by atoms with van der Waals surface area (Å²) in [6.07, 6.45) is -3.83. The molecular weight excluding hydrogens is 1050 g/mol. The fraction of sp³-hybridized carbons (Fsp3) is 0.455. The molecule has 1 amide bonds. The third-order valence-corrected chi connectivity index (χ3v) is 14.0. The third-order valence-electron chi connectivity index (χ3n) is 12.8. The van der Waals surface area contributed by atoms with Crippen molar-refractivity contribution in [3.63, 3.8) is 0 Å². The number of carbonyl (C=O) groups excluding carboxylic acids is 1. The summed E-state index contributed by atoms with van der Waals surface area (Å²) in [6, 6.07) is 5.08. The number of hydrogen-bond donors (Lipinski definition) is 3. The smallest absolute Gasteiger partial charge is 0.293 e. The predicted molar refractivity (Wildman–Crippen MR) is 245 cm³/mol. The Kier molecular flexibility index (Phi) is 13.2. The Morgan fingerprint density at radius 2 is 1.73 bits per heavy atom. The summed E-state index contributed by atoms with van der Waals surface area (Å²) in [5.41, 5.74) is -2.89. The van der Waals surface area contributed by atoms with Gasteiger partial charge < -0.3 is 15.4 Å². The van der Waals surface area contributed by atoms with Gasteiger partial charge in [-0.2, -0.15) is 19.0 Å². The molecule has 3 atom stereocenters. The molecule has 6 aromatic rings. The van der Waals surface area contributed by atoms with Crippen molar-refractivity contribution in [1.29, 1.82) is 0 Å². The first-order chi connectivity index (χ1) is 33.1. The second-order valence-electron chi connectivity index (χ2n) is 17.7. The number of halogens is 10. The average Bonchev–Trinajstić information content (AvgIpc) is 3.79. The van der Waals surface area contributed by atoms with Crippen molar-refractivity contribution in [3.05, 3.63) is 97.4 Å². The van der Waals surface area contributed by atoms with Crippen molar-refractivity contribution in [2.24, 2.45) is 5.92 Å². The summed E-state index contributed by atoms with van der Waals surface area (Å²) in [6.45, 7) is -0.753. The van der Waals surface area contributed by atoms with Gasteiger partial charge in [0.2, 0.25) is 21.9 Å². The molecule has 0 spiro atoms. The molecule has 70 heavy (non-hydrogen) atoms. The number of methoxy groups -OCH3 is 1. The molecule has 0 unspecified atom stereocenters. The Bertz CT molecular complexity index is 3220. The maximum absolute atomic E-state index is 15.7. The summed E-state index contributed by atoms with van der Waals surface area (Å²) in [5, 5.41) is 14.1. The van der Waals surface area contributed by atoms with Gasteiger partial charge in [-0.1, -0.05) is 27.5 Å². The lowest BCUT2D eigenvalue weighted by molar-refractivity contribution is -0.123. The molecule has 374 valence electrons. The minimum Gasteiger partial charge on any atom is -0.383 e. The molecule has 0 aliphatic heterocycles. The molecule has 0 saturated heterocycles. The van der Waals surface area contributed by atoms with Crippen LogP contribution in [0.3, 0.4) is 0 Å². The molecule has 15 nitrogen and oxygen atoms in total. The molecule has 9 rings (SSSR count). The number of aromatic nitrogens is 7. The van der Waals surface area contributed by atoms with Gasteiger partial charge in [-0.05, 0) is 61.1 Å². The van der Waals surface area contributed by atoms with Gasteiger partial charge in [0.1, 0.15) is 40.8 Å². The highest BCUT2D eigenvalue weighted by Crippen LogP contribution is 2.68. The van der Waals surface area contributed by atoms with E-state index in [1.54, 1.807) is 6.07 Å². The second-order valence-corrected chi connectivity index (χ2v) is 20.6. The highest BCUT2D eigenvalue weighted by Gasteiger charge is 2.67. The van der Waals surface area contributed by atoms with Gasteiger partial charge in [-0.3, -0.25) is 28.2 Å². The van der Waals surface area contributed by atoms with Crippen LogP contribution >= 0.6 is 27.5 Å². The molecule has 26 heteroatoms. The van der Waals surface area contributed by atoms with Crippen LogP contribution in [0.2, 0.25) is 5.02 Å². The standard InChI is InChI=1S/C44H42BrClF8N10O5S/c1-69-12-10-55-28-18-27(21-5-7-43(51,52)8-6-21)57-39-34(28)42(66)64(30-4-3-26(46)33-36(30)62(11-9-45)60-40(33)61-70(2,67)68)41(58-39)29(15-20-13-22(47)16-23(48)14-20)56-31(65)19-63-37-32(35(59-63)38(49)50)24-17-25(24)44(37,53)54/h3-4,13-14,16,18,21,24-25,29,38H,5-12,15,17,19H2,1-2H3,(H,55,57)(H,56,65)(H,60,61)/t24-,25+,29-/m0/s1. The lowest BCUT2D eigenvalue weighted by Crippen LogP contribution is -2.38. The number of hydrogen-bond acceptors (Lipinski definition) is 10. The Morgan fingerprint density at radius 1 is 1.01 bits per heavy atom. The van der Waals surface area contributed by atoms with Crippen LogP contribution in [0.1, 0.15) is 90.4 Å². The number of rotatable bonds is 17. The number of sulfonamides is 1.